The first-order chi connectivity index (χ1) is 18.4. The summed E-state index contributed by atoms with van der Waals surface area (Å²) in [5, 5.41) is 9.96. The lowest BCUT2D eigenvalue weighted by Crippen LogP contribution is -2.39. The molecule has 1 heterocycles. The zero-order chi connectivity index (χ0) is 26.9. The number of phenolic OH excluding ortho intramolecular Hbond substituents is 1. The van der Waals surface area contributed by atoms with E-state index in [9.17, 15) is 13.9 Å². The minimum absolute atomic E-state index is 0.103. The van der Waals surface area contributed by atoms with Gasteiger partial charge in [-0.2, -0.15) is 0 Å². The number of phenols is 1. The summed E-state index contributed by atoms with van der Waals surface area (Å²) in [6.07, 6.45) is 1.65. The molecule has 1 aliphatic heterocycles. The summed E-state index contributed by atoms with van der Waals surface area (Å²) in [7, 11) is 4.99. The molecule has 202 valence electrons. The van der Waals surface area contributed by atoms with Crippen LogP contribution in [-0.2, 0) is 15.4 Å². The Morgan fingerprint density at radius 1 is 0.895 bits per heavy atom. The third-order valence-corrected chi connectivity index (χ3v) is 8.09. The number of methoxy groups -OCH3 is 3. The minimum Gasteiger partial charge on any atom is -0.508 e. The van der Waals surface area contributed by atoms with Gasteiger partial charge in [-0.3, -0.25) is 0 Å². The van der Waals surface area contributed by atoms with Crippen molar-refractivity contribution in [1.82, 2.24) is 0 Å². The molecule has 1 N–H and O–H groups in total. The molecule has 1 fully saturated rings. The number of benzene rings is 3. The van der Waals surface area contributed by atoms with Gasteiger partial charge in [0, 0.05) is 74.0 Å². The third-order valence-electron chi connectivity index (χ3n) is 8.09. The van der Waals surface area contributed by atoms with Gasteiger partial charge >= 0.3 is 0 Å². The molecule has 0 saturated carbocycles. The topological polar surface area (TPSA) is 51.2 Å². The van der Waals surface area contributed by atoms with Crippen LogP contribution >= 0.6 is 0 Å². The van der Waals surface area contributed by atoms with E-state index in [-0.39, 0.29) is 36.4 Å². The number of nitrogens with zero attached hydrogens (tertiary/aromatic N) is 1. The summed E-state index contributed by atoms with van der Waals surface area (Å²) >= 11 is 0. The second-order valence-corrected chi connectivity index (χ2v) is 10.2. The minimum atomic E-state index is -2.98. The van der Waals surface area contributed by atoms with Crippen LogP contribution in [0.5, 0.6) is 11.5 Å². The number of fused-ring (bicyclic) bond motifs is 1. The van der Waals surface area contributed by atoms with Gasteiger partial charge in [0.1, 0.15) is 11.5 Å². The number of alkyl halides is 2. The number of anilines is 1. The highest BCUT2D eigenvalue weighted by Crippen LogP contribution is 2.51. The van der Waals surface area contributed by atoms with E-state index in [1.165, 1.54) is 12.1 Å². The van der Waals surface area contributed by atoms with Crippen molar-refractivity contribution in [3.05, 3.63) is 77.4 Å². The molecule has 38 heavy (non-hydrogen) atoms. The van der Waals surface area contributed by atoms with Crippen molar-refractivity contribution >= 4 is 5.69 Å². The van der Waals surface area contributed by atoms with E-state index < -0.39 is 5.92 Å². The van der Waals surface area contributed by atoms with E-state index in [4.69, 9.17) is 14.2 Å². The number of halogens is 2. The largest absolute Gasteiger partial charge is 0.508 e. The Kier molecular flexibility index (Phi) is 7.59. The fourth-order valence-electron chi connectivity index (χ4n) is 6.14. The number of aromatic hydroxyl groups is 1. The zero-order valence-electron chi connectivity index (χ0n) is 22.1. The molecule has 0 radical (unpaired) electrons. The molecule has 1 aliphatic carbocycles. The molecule has 2 aliphatic rings. The molecule has 3 aromatic carbocycles. The van der Waals surface area contributed by atoms with Crippen LogP contribution in [0.15, 0.2) is 60.7 Å². The van der Waals surface area contributed by atoms with Crippen LogP contribution in [-0.4, -0.2) is 45.8 Å². The van der Waals surface area contributed by atoms with Crippen molar-refractivity contribution in [3.63, 3.8) is 0 Å². The van der Waals surface area contributed by atoms with Crippen molar-refractivity contribution in [2.45, 2.75) is 43.8 Å². The first-order valence-corrected chi connectivity index (χ1v) is 13.2. The van der Waals surface area contributed by atoms with Crippen LogP contribution in [0.4, 0.5) is 14.5 Å². The maximum atomic E-state index is 14.9. The lowest BCUT2D eigenvalue weighted by Gasteiger charge is -2.38. The number of ether oxygens (including phenoxy) is 3. The molecular weight excluding hydrogens is 488 g/mol. The van der Waals surface area contributed by atoms with Gasteiger partial charge in [-0.25, -0.2) is 8.78 Å². The van der Waals surface area contributed by atoms with Crippen molar-refractivity contribution in [2.24, 2.45) is 5.92 Å². The first kappa shape index (κ1) is 26.4. The Morgan fingerprint density at radius 3 is 2.26 bits per heavy atom. The summed E-state index contributed by atoms with van der Waals surface area (Å²) in [4.78, 5) is 2.37. The van der Waals surface area contributed by atoms with E-state index >= 15 is 0 Å². The van der Waals surface area contributed by atoms with E-state index in [1.807, 2.05) is 18.2 Å². The lowest BCUT2D eigenvalue weighted by atomic mass is 9.76. The van der Waals surface area contributed by atoms with E-state index in [1.54, 1.807) is 27.4 Å². The summed E-state index contributed by atoms with van der Waals surface area (Å²) in [6, 6.07) is 18.7. The molecule has 0 spiro atoms. The van der Waals surface area contributed by atoms with Gasteiger partial charge in [0.2, 0.25) is 0 Å². The Morgan fingerprint density at radius 2 is 1.61 bits per heavy atom. The van der Waals surface area contributed by atoms with Crippen LogP contribution in [0.25, 0.3) is 11.1 Å². The summed E-state index contributed by atoms with van der Waals surface area (Å²) in [5.41, 5.74) is 4.49. The molecule has 5 rings (SSSR count). The average molecular weight is 524 g/mol. The quantitative estimate of drug-likeness (QED) is 0.341. The number of hydrogen-bond donors (Lipinski definition) is 1. The maximum absolute atomic E-state index is 14.9. The summed E-state index contributed by atoms with van der Waals surface area (Å²) in [5.74, 6) is -2.40. The van der Waals surface area contributed by atoms with Gasteiger partial charge in [-0.05, 0) is 48.6 Å². The van der Waals surface area contributed by atoms with Gasteiger partial charge in [0.15, 0.2) is 6.29 Å². The number of rotatable bonds is 7. The van der Waals surface area contributed by atoms with E-state index in [0.717, 1.165) is 48.3 Å². The molecule has 0 amide bonds. The van der Waals surface area contributed by atoms with Crippen LogP contribution in [0.1, 0.15) is 48.3 Å². The lowest BCUT2D eigenvalue weighted by molar-refractivity contribution is -0.141. The van der Waals surface area contributed by atoms with Crippen molar-refractivity contribution in [2.75, 3.05) is 39.3 Å². The van der Waals surface area contributed by atoms with Crippen LogP contribution in [0.3, 0.4) is 0 Å². The molecule has 5 nitrogen and oxygen atoms in total. The van der Waals surface area contributed by atoms with Crippen molar-refractivity contribution in [3.8, 4) is 22.6 Å². The number of hydrogen-bond acceptors (Lipinski definition) is 5. The normalized spacial score (nSPS) is 19.4. The molecule has 0 bridgehead atoms. The monoisotopic (exact) mass is 523 g/mol. The second kappa shape index (κ2) is 10.9. The highest BCUT2D eigenvalue weighted by Gasteiger charge is 2.42. The molecular formula is C31H35F2NO4. The molecule has 1 saturated heterocycles. The Bertz CT molecular complexity index is 1250. The third kappa shape index (κ3) is 4.97. The standard InChI is InChI=1S/C31H35F2NO4/c1-36-29-19-28(34-15-12-21(13-16-34)30(37-2)38-3)25(20-7-5-4-6-8-20)18-26(29)23-11-14-31(32,33)27-17-22(35)9-10-24(23)27/h4-10,17-19,21,23,30,35H,11-16H2,1-3H3/t23-/m0/s1. The SMILES string of the molecule is COc1cc(N2CCC(C(OC)OC)CC2)c(-c2ccccc2)cc1[C@H]1CCC(F)(F)c2cc(O)ccc21. The van der Waals surface area contributed by atoms with Crippen LogP contribution in [0, 0.1) is 5.92 Å². The van der Waals surface area contributed by atoms with Gasteiger partial charge in [-0.15, -0.1) is 0 Å². The Hall–Kier alpha value is -3.16. The molecule has 3 aromatic rings. The highest BCUT2D eigenvalue weighted by atomic mass is 19.3. The number of piperidine rings is 1. The predicted octanol–water partition coefficient (Wildman–Crippen LogP) is 6.92. The van der Waals surface area contributed by atoms with Gasteiger partial charge in [0.25, 0.3) is 5.92 Å². The van der Waals surface area contributed by atoms with Gasteiger partial charge < -0.3 is 24.2 Å². The highest BCUT2D eigenvalue weighted by molar-refractivity contribution is 5.81. The molecule has 0 aromatic heterocycles. The smallest absolute Gasteiger partial charge is 0.273 e. The van der Waals surface area contributed by atoms with Gasteiger partial charge in [-0.1, -0.05) is 36.4 Å². The van der Waals surface area contributed by atoms with Crippen molar-refractivity contribution in [1.29, 1.82) is 0 Å². The average Bonchev–Trinajstić information content (AvgIpc) is 2.94. The predicted molar refractivity (Wildman–Crippen MR) is 144 cm³/mol. The summed E-state index contributed by atoms with van der Waals surface area (Å²) in [6.45, 7) is 1.68. The van der Waals surface area contributed by atoms with E-state index in [0.29, 0.717) is 17.2 Å². The first-order valence-electron chi connectivity index (χ1n) is 13.2. The fraction of sp³-hybridized carbons (Fsp3) is 0.419. The van der Waals surface area contributed by atoms with Crippen LogP contribution in [0.2, 0.25) is 0 Å². The summed E-state index contributed by atoms with van der Waals surface area (Å²) < 4.78 is 46.7. The second-order valence-electron chi connectivity index (χ2n) is 10.2. The maximum Gasteiger partial charge on any atom is 0.273 e. The molecule has 1 atom stereocenters. The van der Waals surface area contributed by atoms with E-state index in [2.05, 4.69) is 29.2 Å². The van der Waals surface area contributed by atoms with Crippen LogP contribution < -0.4 is 9.64 Å². The zero-order valence-corrected chi connectivity index (χ0v) is 22.1. The Balaban J connectivity index is 1.58. The Labute approximate surface area is 223 Å². The molecule has 7 heteroatoms. The van der Waals surface area contributed by atoms with Crippen molar-refractivity contribution < 1.29 is 28.1 Å². The fourth-order valence-corrected chi connectivity index (χ4v) is 6.14. The molecule has 0 unspecified atom stereocenters. The van der Waals surface area contributed by atoms with Gasteiger partial charge in [0.05, 0.1) is 7.11 Å².